The van der Waals surface area contributed by atoms with E-state index in [9.17, 15) is 22.8 Å². The molecule has 2 rings (SSSR count). The lowest BCUT2D eigenvalue weighted by Crippen LogP contribution is -2.30. The molecule has 138 valence electrons. The summed E-state index contributed by atoms with van der Waals surface area (Å²) in [6.07, 6.45) is -5.22. The minimum Gasteiger partial charge on any atom is -0.423 e. The molecule has 0 unspecified atom stereocenters. The van der Waals surface area contributed by atoms with Crippen molar-refractivity contribution in [3.8, 4) is 0 Å². The first-order valence-corrected chi connectivity index (χ1v) is 7.63. The van der Waals surface area contributed by atoms with Gasteiger partial charge < -0.3 is 10.0 Å². The van der Waals surface area contributed by atoms with Crippen molar-refractivity contribution < 1.29 is 32.8 Å². The summed E-state index contributed by atoms with van der Waals surface area (Å²) in [6, 6.07) is 11.9. The van der Waals surface area contributed by atoms with Crippen LogP contribution in [0, 0.1) is 0 Å². The number of hydrogen-bond acceptors (Lipinski definition) is 4. The van der Waals surface area contributed by atoms with Gasteiger partial charge in [0.25, 0.3) is 0 Å². The molecule has 0 saturated heterocycles. The Morgan fingerprint density at radius 3 is 1.88 bits per heavy atom. The Morgan fingerprint density at radius 2 is 1.42 bits per heavy atom. The smallest absolute Gasteiger partial charge is 0.423 e. The second kappa shape index (κ2) is 9.31. The molecule has 8 heteroatoms. The number of Topliss-reactive ketones (excluding diaryl/α,β-unsaturated/α-hetero) is 2. The minimum atomic E-state index is -4.23. The van der Waals surface area contributed by atoms with E-state index < -0.39 is 19.7 Å². The lowest BCUT2D eigenvalue weighted by atomic mass is 9.79. The Balaban J connectivity index is 0.000000263. The zero-order valence-electron chi connectivity index (χ0n) is 14.2. The van der Waals surface area contributed by atoms with Crippen molar-refractivity contribution in [1.82, 2.24) is 0 Å². The van der Waals surface area contributed by atoms with Crippen LogP contribution in [0.15, 0.2) is 48.5 Å². The molecule has 0 aliphatic rings. The fraction of sp³-hybridized carbons (Fsp3) is 0.222. The zero-order chi connectivity index (χ0) is 19.9. The standard InChI is InChI=1S/C10H9F3O.C8H9BO3/c1-7(14)9-4-2-3-8(5-9)6-10(11,12)13;1-6(10)7-3-2-4-8(5-7)9(11)12/h2-5H,6H2,1H3;2-5,11-12H,1H3. The molecule has 2 N–H and O–H groups in total. The van der Waals surface area contributed by atoms with Gasteiger partial charge in [-0.2, -0.15) is 13.2 Å². The van der Waals surface area contributed by atoms with Crippen LogP contribution >= 0.6 is 0 Å². The Morgan fingerprint density at radius 1 is 0.923 bits per heavy atom. The van der Waals surface area contributed by atoms with Crippen LogP contribution < -0.4 is 5.46 Å². The molecule has 0 heterocycles. The van der Waals surface area contributed by atoms with E-state index in [0.29, 0.717) is 16.6 Å². The number of carbonyl (C=O) groups is 2. The average molecular weight is 366 g/mol. The molecule has 26 heavy (non-hydrogen) atoms. The van der Waals surface area contributed by atoms with Crippen molar-refractivity contribution in [1.29, 1.82) is 0 Å². The van der Waals surface area contributed by atoms with E-state index in [4.69, 9.17) is 10.0 Å². The van der Waals surface area contributed by atoms with Crippen molar-refractivity contribution in [3.05, 3.63) is 65.2 Å². The highest BCUT2D eigenvalue weighted by Crippen LogP contribution is 2.21. The summed E-state index contributed by atoms with van der Waals surface area (Å²) in [4.78, 5) is 21.7. The highest BCUT2D eigenvalue weighted by Gasteiger charge is 2.27. The second-order valence-corrected chi connectivity index (χ2v) is 5.60. The summed E-state index contributed by atoms with van der Waals surface area (Å²) in [5, 5.41) is 17.5. The van der Waals surface area contributed by atoms with Crippen LogP contribution in [0.2, 0.25) is 0 Å². The molecule has 0 aliphatic carbocycles. The summed E-state index contributed by atoms with van der Waals surface area (Å²) >= 11 is 0. The van der Waals surface area contributed by atoms with Gasteiger partial charge in [-0.05, 0) is 30.9 Å². The van der Waals surface area contributed by atoms with Crippen LogP contribution in [-0.4, -0.2) is 34.9 Å². The normalized spacial score (nSPS) is 10.6. The van der Waals surface area contributed by atoms with E-state index in [1.165, 1.54) is 44.2 Å². The fourth-order valence-corrected chi connectivity index (χ4v) is 2.05. The predicted molar refractivity (Wildman–Crippen MR) is 92.5 cm³/mol. The van der Waals surface area contributed by atoms with Gasteiger partial charge in [-0.15, -0.1) is 0 Å². The molecule has 0 amide bonds. The largest absolute Gasteiger partial charge is 0.488 e. The summed E-state index contributed by atoms with van der Waals surface area (Å²) in [7, 11) is -1.51. The third-order valence-corrected chi connectivity index (χ3v) is 3.33. The molecule has 0 atom stereocenters. The number of benzene rings is 2. The van der Waals surface area contributed by atoms with Crippen molar-refractivity contribution in [2.75, 3.05) is 0 Å². The molecule has 0 aromatic heterocycles. The number of rotatable bonds is 4. The number of ketones is 2. The quantitative estimate of drug-likeness (QED) is 0.644. The number of alkyl halides is 3. The molecule has 0 radical (unpaired) electrons. The van der Waals surface area contributed by atoms with Gasteiger partial charge in [-0.25, -0.2) is 0 Å². The first kappa shape index (κ1) is 21.6. The molecular weight excluding hydrogens is 348 g/mol. The van der Waals surface area contributed by atoms with Gasteiger partial charge in [0.2, 0.25) is 0 Å². The third kappa shape index (κ3) is 7.63. The number of halogens is 3. The SMILES string of the molecule is CC(=O)c1cccc(B(O)O)c1.CC(=O)c1cccc(CC(F)(F)F)c1. The number of hydrogen-bond donors (Lipinski definition) is 2. The van der Waals surface area contributed by atoms with Crippen LogP contribution in [0.4, 0.5) is 13.2 Å². The number of carbonyl (C=O) groups excluding carboxylic acids is 2. The summed E-state index contributed by atoms with van der Waals surface area (Å²) in [6.45, 7) is 2.76. The van der Waals surface area contributed by atoms with Crippen molar-refractivity contribution in [2.24, 2.45) is 0 Å². The summed E-state index contributed by atoms with van der Waals surface area (Å²) < 4.78 is 36.0. The van der Waals surface area contributed by atoms with Crippen molar-refractivity contribution in [2.45, 2.75) is 26.4 Å². The van der Waals surface area contributed by atoms with Crippen molar-refractivity contribution in [3.63, 3.8) is 0 Å². The summed E-state index contributed by atoms with van der Waals surface area (Å²) in [5.41, 5.74) is 1.25. The minimum absolute atomic E-state index is 0.0856. The van der Waals surface area contributed by atoms with Crippen LogP contribution in [0.3, 0.4) is 0 Å². The van der Waals surface area contributed by atoms with E-state index in [0.717, 1.165) is 0 Å². The van der Waals surface area contributed by atoms with E-state index >= 15 is 0 Å². The van der Waals surface area contributed by atoms with Gasteiger partial charge in [-0.1, -0.05) is 42.5 Å². The maximum atomic E-state index is 12.0. The Bertz CT molecular complexity index is 773. The Labute approximate surface area is 149 Å². The lowest BCUT2D eigenvalue weighted by molar-refractivity contribution is -0.127. The lowest BCUT2D eigenvalue weighted by Gasteiger charge is -2.06. The highest BCUT2D eigenvalue weighted by atomic mass is 19.4. The van der Waals surface area contributed by atoms with E-state index in [-0.39, 0.29) is 17.1 Å². The highest BCUT2D eigenvalue weighted by molar-refractivity contribution is 6.58. The molecule has 0 fully saturated rings. The average Bonchev–Trinajstić information content (AvgIpc) is 2.54. The van der Waals surface area contributed by atoms with Gasteiger partial charge >= 0.3 is 13.3 Å². The van der Waals surface area contributed by atoms with Crippen LogP contribution in [0.1, 0.15) is 40.1 Å². The third-order valence-electron chi connectivity index (χ3n) is 3.33. The van der Waals surface area contributed by atoms with Crippen LogP contribution in [0.25, 0.3) is 0 Å². The molecule has 2 aromatic carbocycles. The van der Waals surface area contributed by atoms with Crippen LogP contribution in [0.5, 0.6) is 0 Å². The fourth-order valence-electron chi connectivity index (χ4n) is 2.05. The zero-order valence-corrected chi connectivity index (χ0v) is 14.2. The second-order valence-electron chi connectivity index (χ2n) is 5.60. The molecule has 0 bridgehead atoms. The van der Waals surface area contributed by atoms with E-state index in [2.05, 4.69) is 0 Å². The predicted octanol–water partition coefficient (Wildman–Crippen LogP) is 2.56. The van der Waals surface area contributed by atoms with E-state index in [1.807, 2.05) is 0 Å². The van der Waals surface area contributed by atoms with Crippen LogP contribution in [-0.2, 0) is 6.42 Å². The maximum Gasteiger partial charge on any atom is 0.488 e. The molecule has 0 saturated carbocycles. The van der Waals surface area contributed by atoms with Gasteiger partial charge in [0.1, 0.15) is 0 Å². The summed E-state index contributed by atoms with van der Waals surface area (Å²) in [5.74, 6) is -0.313. The van der Waals surface area contributed by atoms with Gasteiger partial charge in [0.05, 0.1) is 6.42 Å². The first-order chi connectivity index (χ1) is 12.0. The first-order valence-electron chi connectivity index (χ1n) is 7.63. The Hall–Kier alpha value is -2.45. The van der Waals surface area contributed by atoms with Crippen molar-refractivity contribution >= 4 is 24.1 Å². The molecule has 0 aliphatic heterocycles. The Kier molecular flexibility index (Phi) is 7.73. The van der Waals surface area contributed by atoms with Gasteiger partial charge in [0.15, 0.2) is 11.6 Å². The van der Waals surface area contributed by atoms with Gasteiger partial charge in [0, 0.05) is 11.1 Å². The monoisotopic (exact) mass is 366 g/mol. The van der Waals surface area contributed by atoms with E-state index in [1.54, 1.807) is 18.2 Å². The molecule has 2 aromatic rings. The van der Waals surface area contributed by atoms with Gasteiger partial charge in [-0.3, -0.25) is 9.59 Å². The molecule has 4 nitrogen and oxygen atoms in total. The molecule has 0 spiro atoms. The maximum absolute atomic E-state index is 12.0. The molecular formula is C18H18BF3O4. The topological polar surface area (TPSA) is 74.6 Å².